The first-order valence-electron chi connectivity index (χ1n) is 9.53. The summed E-state index contributed by atoms with van der Waals surface area (Å²) in [4.78, 5) is 8.68. The van der Waals surface area contributed by atoms with Crippen LogP contribution in [-0.4, -0.2) is 90.5 Å². The maximum Gasteiger partial charge on any atom is 0.191 e. The third kappa shape index (κ3) is 11.5. The molecule has 0 amide bonds. The van der Waals surface area contributed by atoms with Crippen LogP contribution in [0.2, 0.25) is 0 Å². The van der Waals surface area contributed by atoms with Gasteiger partial charge in [0.25, 0.3) is 0 Å². The Bertz CT molecular complexity index is 537. The molecular weight excluding hydrogens is 342 g/mol. The lowest BCUT2D eigenvalue weighted by Gasteiger charge is -2.18. The van der Waals surface area contributed by atoms with Crippen LogP contribution >= 0.6 is 0 Å². The van der Waals surface area contributed by atoms with Gasteiger partial charge >= 0.3 is 0 Å². The second-order valence-corrected chi connectivity index (χ2v) is 6.80. The van der Waals surface area contributed by atoms with Crippen molar-refractivity contribution in [2.24, 2.45) is 4.99 Å². The van der Waals surface area contributed by atoms with Crippen molar-refractivity contribution >= 4 is 5.96 Å². The Morgan fingerprint density at radius 2 is 1.89 bits per heavy atom. The van der Waals surface area contributed by atoms with Crippen molar-refractivity contribution in [2.45, 2.75) is 13.0 Å². The summed E-state index contributed by atoms with van der Waals surface area (Å²) >= 11 is 0. The standard InChI is InChI=1S/C20H37N5O2/c1-21-20(22-10-12-25(4)11-7-14-26-5)23-17-18-8-6-9-19(16-18)27-15-13-24(2)3/h6,8-9,16H,7,10-15,17H2,1-5H3,(H2,21,22,23). The number of benzene rings is 1. The first-order valence-corrected chi connectivity index (χ1v) is 9.53. The maximum atomic E-state index is 5.79. The van der Waals surface area contributed by atoms with Gasteiger partial charge in [0.15, 0.2) is 5.96 Å². The van der Waals surface area contributed by atoms with E-state index in [0.29, 0.717) is 13.2 Å². The minimum Gasteiger partial charge on any atom is -0.492 e. The summed E-state index contributed by atoms with van der Waals surface area (Å²) in [7, 11) is 9.73. The predicted octanol–water partition coefficient (Wildman–Crippen LogP) is 1.26. The third-order valence-corrected chi connectivity index (χ3v) is 4.06. The van der Waals surface area contributed by atoms with Crippen LogP contribution in [0.15, 0.2) is 29.3 Å². The van der Waals surface area contributed by atoms with Crippen molar-refractivity contribution in [3.63, 3.8) is 0 Å². The number of methoxy groups -OCH3 is 1. The van der Waals surface area contributed by atoms with Gasteiger partial charge in [0.2, 0.25) is 0 Å². The average molecular weight is 380 g/mol. The Morgan fingerprint density at radius 1 is 1.07 bits per heavy atom. The van der Waals surface area contributed by atoms with E-state index < -0.39 is 0 Å². The molecule has 0 saturated heterocycles. The molecule has 0 aromatic heterocycles. The van der Waals surface area contributed by atoms with E-state index in [4.69, 9.17) is 9.47 Å². The number of nitrogens with zero attached hydrogens (tertiary/aromatic N) is 3. The summed E-state index contributed by atoms with van der Waals surface area (Å²) in [5, 5.41) is 6.70. The smallest absolute Gasteiger partial charge is 0.191 e. The Morgan fingerprint density at radius 3 is 2.59 bits per heavy atom. The zero-order valence-electron chi connectivity index (χ0n) is 17.6. The first kappa shape index (κ1) is 23.2. The summed E-state index contributed by atoms with van der Waals surface area (Å²) < 4.78 is 10.9. The van der Waals surface area contributed by atoms with E-state index >= 15 is 0 Å². The lowest BCUT2D eigenvalue weighted by Crippen LogP contribution is -2.40. The Kier molecular flexibility index (Phi) is 12.3. The van der Waals surface area contributed by atoms with Crippen molar-refractivity contribution in [3.05, 3.63) is 29.8 Å². The van der Waals surface area contributed by atoms with Crippen molar-refractivity contribution in [3.8, 4) is 5.75 Å². The minimum absolute atomic E-state index is 0.686. The number of nitrogens with one attached hydrogen (secondary N) is 2. The highest BCUT2D eigenvalue weighted by molar-refractivity contribution is 5.79. The molecule has 0 spiro atoms. The van der Waals surface area contributed by atoms with Crippen LogP contribution in [0.25, 0.3) is 0 Å². The van der Waals surface area contributed by atoms with Crippen molar-refractivity contribution in [2.75, 3.05) is 74.7 Å². The van der Waals surface area contributed by atoms with Crippen LogP contribution < -0.4 is 15.4 Å². The molecule has 0 heterocycles. The van der Waals surface area contributed by atoms with Gasteiger partial charge in [-0.3, -0.25) is 4.99 Å². The summed E-state index contributed by atoms with van der Waals surface area (Å²) in [6.45, 7) is 5.93. The molecule has 1 rings (SSSR count). The highest BCUT2D eigenvalue weighted by atomic mass is 16.5. The van der Waals surface area contributed by atoms with Gasteiger partial charge in [-0.15, -0.1) is 0 Å². The highest BCUT2D eigenvalue weighted by Crippen LogP contribution is 2.13. The normalized spacial score (nSPS) is 11.9. The number of hydrogen-bond donors (Lipinski definition) is 2. The van der Waals surface area contributed by atoms with E-state index in [2.05, 4.69) is 44.6 Å². The van der Waals surface area contributed by atoms with Gasteiger partial charge in [0, 0.05) is 53.5 Å². The molecule has 0 atom stereocenters. The Balaban J connectivity index is 2.31. The molecule has 0 saturated carbocycles. The molecule has 27 heavy (non-hydrogen) atoms. The lowest BCUT2D eigenvalue weighted by molar-refractivity contribution is 0.180. The predicted molar refractivity (Wildman–Crippen MR) is 113 cm³/mol. The molecule has 154 valence electrons. The second kappa shape index (κ2) is 14.3. The largest absolute Gasteiger partial charge is 0.492 e. The van der Waals surface area contributed by atoms with E-state index in [-0.39, 0.29) is 0 Å². The van der Waals surface area contributed by atoms with E-state index in [1.54, 1.807) is 14.2 Å². The second-order valence-electron chi connectivity index (χ2n) is 6.80. The van der Waals surface area contributed by atoms with Gasteiger partial charge < -0.3 is 29.9 Å². The molecule has 2 N–H and O–H groups in total. The van der Waals surface area contributed by atoms with Crippen LogP contribution in [0.1, 0.15) is 12.0 Å². The van der Waals surface area contributed by atoms with Gasteiger partial charge in [-0.1, -0.05) is 12.1 Å². The number of hydrogen-bond acceptors (Lipinski definition) is 5. The summed E-state index contributed by atoms with van der Waals surface area (Å²) in [5.74, 6) is 1.70. The van der Waals surface area contributed by atoms with Gasteiger partial charge in [-0.2, -0.15) is 0 Å². The molecule has 0 aliphatic rings. The SMILES string of the molecule is CN=C(NCCN(C)CCCOC)NCc1cccc(OCCN(C)C)c1. The van der Waals surface area contributed by atoms with Crippen LogP contribution in [0, 0.1) is 0 Å². The monoisotopic (exact) mass is 379 g/mol. The average Bonchev–Trinajstić information content (AvgIpc) is 2.65. The summed E-state index contributed by atoms with van der Waals surface area (Å²) in [6.07, 6.45) is 1.05. The van der Waals surface area contributed by atoms with Crippen LogP contribution in [0.5, 0.6) is 5.75 Å². The third-order valence-electron chi connectivity index (χ3n) is 4.06. The number of ether oxygens (including phenoxy) is 2. The Labute approximate surface area is 164 Å². The molecule has 7 nitrogen and oxygen atoms in total. The van der Waals surface area contributed by atoms with E-state index in [0.717, 1.165) is 56.5 Å². The van der Waals surface area contributed by atoms with Gasteiger partial charge in [-0.05, 0) is 45.3 Å². The van der Waals surface area contributed by atoms with Crippen LogP contribution in [0.3, 0.4) is 0 Å². The lowest BCUT2D eigenvalue weighted by atomic mass is 10.2. The maximum absolute atomic E-state index is 5.79. The molecule has 0 radical (unpaired) electrons. The minimum atomic E-state index is 0.686. The number of likely N-dealkylation sites (N-methyl/N-ethyl adjacent to an activating group) is 2. The fourth-order valence-corrected chi connectivity index (χ4v) is 2.45. The fraction of sp³-hybridized carbons (Fsp3) is 0.650. The van der Waals surface area contributed by atoms with Crippen LogP contribution in [0.4, 0.5) is 0 Å². The molecule has 0 aliphatic heterocycles. The van der Waals surface area contributed by atoms with Gasteiger partial charge in [-0.25, -0.2) is 0 Å². The molecule has 7 heteroatoms. The molecule has 0 aliphatic carbocycles. The molecular formula is C20H37N5O2. The van der Waals surface area contributed by atoms with E-state index in [1.807, 2.05) is 26.2 Å². The zero-order valence-corrected chi connectivity index (χ0v) is 17.6. The van der Waals surface area contributed by atoms with Crippen molar-refractivity contribution in [1.82, 2.24) is 20.4 Å². The topological polar surface area (TPSA) is 61.4 Å². The van der Waals surface area contributed by atoms with Gasteiger partial charge in [0.1, 0.15) is 12.4 Å². The van der Waals surface area contributed by atoms with Crippen LogP contribution in [-0.2, 0) is 11.3 Å². The van der Waals surface area contributed by atoms with E-state index in [9.17, 15) is 0 Å². The number of guanidine groups is 1. The molecule has 0 bridgehead atoms. The van der Waals surface area contributed by atoms with Crippen molar-refractivity contribution in [1.29, 1.82) is 0 Å². The summed E-state index contributed by atoms with van der Waals surface area (Å²) in [5.41, 5.74) is 1.16. The van der Waals surface area contributed by atoms with E-state index in [1.165, 1.54) is 0 Å². The number of aliphatic imine (C=N–C) groups is 1. The molecule has 1 aromatic rings. The molecule has 1 aromatic carbocycles. The first-order chi connectivity index (χ1) is 13.0. The number of rotatable bonds is 13. The van der Waals surface area contributed by atoms with Crippen molar-refractivity contribution < 1.29 is 9.47 Å². The summed E-state index contributed by atoms with van der Waals surface area (Å²) in [6, 6.07) is 8.17. The zero-order chi connectivity index (χ0) is 19.9. The quantitative estimate of drug-likeness (QED) is 0.306. The fourth-order valence-electron chi connectivity index (χ4n) is 2.45. The van der Waals surface area contributed by atoms with Gasteiger partial charge in [0.05, 0.1) is 0 Å². The molecule has 0 fully saturated rings. The Hall–Kier alpha value is -1.83. The molecule has 0 unspecified atom stereocenters. The highest BCUT2D eigenvalue weighted by Gasteiger charge is 2.02.